The summed E-state index contributed by atoms with van der Waals surface area (Å²) in [6, 6.07) is -0.0576. The van der Waals surface area contributed by atoms with Crippen molar-refractivity contribution in [3.8, 4) is 0 Å². The van der Waals surface area contributed by atoms with Crippen LogP contribution in [-0.2, 0) is 4.79 Å². The molecule has 5 nitrogen and oxygen atoms in total. The lowest BCUT2D eigenvalue weighted by atomic mass is 10.0. The molecule has 0 rings (SSSR count). The van der Waals surface area contributed by atoms with Crippen LogP contribution in [0.25, 0.3) is 0 Å². The van der Waals surface area contributed by atoms with Crippen LogP contribution in [0.1, 0.15) is 40.5 Å². The van der Waals surface area contributed by atoms with Gasteiger partial charge in [0.2, 0.25) is 0 Å². The molecule has 18 heavy (non-hydrogen) atoms. The zero-order chi connectivity index (χ0) is 14.3. The second-order valence-electron chi connectivity index (χ2n) is 5.22. The molecule has 0 aromatic carbocycles. The van der Waals surface area contributed by atoms with Crippen molar-refractivity contribution in [2.24, 2.45) is 11.8 Å². The van der Waals surface area contributed by atoms with Crippen molar-refractivity contribution in [1.29, 1.82) is 0 Å². The Bertz CT molecular complexity index is 279. The van der Waals surface area contributed by atoms with E-state index in [1.165, 1.54) is 0 Å². The van der Waals surface area contributed by atoms with Crippen LogP contribution in [0.5, 0.6) is 0 Å². The van der Waals surface area contributed by atoms with Gasteiger partial charge >= 0.3 is 12.0 Å². The maximum atomic E-state index is 11.8. The second kappa shape index (κ2) is 7.95. The van der Waals surface area contributed by atoms with Gasteiger partial charge in [0.15, 0.2) is 0 Å². The van der Waals surface area contributed by atoms with Crippen molar-refractivity contribution < 1.29 is 14.7 Å². The summed E-state index contributed by atoms with van der Waals surface area (Å²) in [6.45, 7) is 8.20. The van der Waals surface area contributed by atoms with Gasteiger partial charge in [0.1, 0.15) is 0 Å². The molecule has 0 spiro atoms. The van der Waals surface area contributed by atoms with Crippen molar-refractivity contribution in [2.75, 3.05) is 13.6 Å². The van der Waals surface area contributed by atoms with E-state index in [4.69, 9.17) is 5.11 Å². The fourth-order valence-electron chi connectivity index (χ4n) is 1.78. The van der Waals surface area contributed by atoms with Crippen LogP contribution in [0.2, 0.25) is 0 Å². The predicted molar refractivity (Wildman–Crippen MR) is 71.5 cm³/mol. The summed E-state index contributed by atoms with van der Waals surface area (Å²) in [5.41, 5.74) is 0. The van der Waals surface area contributed by atoms with Crippen LogP contribution < -0.4 is 5.32 Å². The van der Waals surface area contributed by atoms with E-state index < -0.39 is 11.9 Å². The van der Waals surface area contributed by atoms with Gasteiger partial charge in [0.05, 0.1) is 5.92 Å². The van der Waals surface area contributed by atoms with Gasteiger partial charge in [-0.3, -0.25) is 4.79 Å². The van der Waals surface area contributed by atoms with Crippen molar-refractivity contribution in [3.05, 3.63) is 0 Å². The van der Waals surface area contributed by atoms with Gasteiger partial charge in [-0.05, 0) is 25.7 Å². The Labute approximate surface area is 110 Å². The second-order valence-corrected chi connectivity index (χ2v) is 5.22. The third-order valence-corrected chi connectivity index (χ3v) is 3.14. The van der Waals surface area contributed by atoms with Gasteiger partial charge < -0.3 is 15.3 Å². The number of carboxylic acids is 1. The minimum absolute atomic E-state index is 0.148. The SMILES string of the molecule is CCC(CNC(=O)N(C)C(C)CC(C)C)C(=O)O. The minimum atomic E-state index is -0.865. The van der Waals surface area contributed by atoms with Crippen molar-refractivity contribution in [3.63, 3.8) is 0 Å². The number of carbonyl (C=O) groups is 2. The number of nitrogens with zero attached hydrogens (tertiary/aromatic N) is 1. The number of rotatable bonds is 7. The molecule has 0 saturated carbocycles. The van der Waals surface area contributed by atoms with E-state index >= 15 is 0 Å². The Kier molecular flexibility index (Phi) is 7.39. The van der Waals surface area contributed by atoms with Crippen molar-refractivity contribution in [2.45, 2.75) is 46.6 Å². The average Bonchev–Trinajstić information content (AvgIpc) is 2.27. The van der Waals surface area contributed by atoms with E-state index in [0.717, 1.165) is 6.42 Å². The van der Waals surface area contributed by atoms with Crippen LogP contribution in [0.4, 0.5) is 4.79 Å². The van der Waals surface area contributed by atoms with Gasteiger partial charge in [-0.15, -0.1) is 0 Å². The number of hydrogen-bond acceptors (Lipinski definition) is 2. The highest BCUT2D eigenvalue weighted by Gasteiger charge is 2.20. The molecule has 0 fully saturated rings. The van der Waals surface area contributed by atoms with E-state index in [1.54, 1.807) is 18.9 Å². The maximum absolute atomic E-state index is 11.8. The van der Waals surface area contributed by atoms with Gasteiger partial charge in [0.25, 0.3) is 0 Å². The Morgan fingerprint density at radius 1 is 1.28 bits per heavy atom. The summed E-state index contributed by atoms with van der Waals surface area (Å²) < 4.78 is 0. The average molecular weight is 258 g/mol. The highest BCUT2D eigenvalue weighted by Crippen LogP contribution is 2.09. The standard InChI is InChI=1S/C13H26N2O3/c1-6-11(12(16)17)8-14-13(18)15(5)10(4)7-9(2)3/h9-11H,6-8H2,1-5H3,(H,14,18)(H,16,17). The van der Waals surface area contributed by atoms with Crippen LogP contribution >= 0.6 is 0 Å². The fraction of sp³-hybridized carbons (Fsp3) is 0.846. The molecule has 2 N–H and O–H groups in total. The summed E-state index contributed by atoms with van der Waals surface area (Å²) in [6.07, 6.45) is 1.45. The summed E-state index contributed by atoms with van der Waals surface area (Å²) in [5.74, 6) is -0.851. The van der Waals surface area contributed by atoms with Crippen LogP contribution in [0.15, 0.2) is 0 Å². The first kappa shape index (κ1) is 16.7. The van der Waals surface area contributed by atoms with E-state index in [9.17, 15) is 9.59 Å². The third kappa shape index (κ3) is 5.89. The summed E-state index contributed by atoms with van der Waals surface area (Å²) >= 11 is 0. The van der Waals surface area contributed by atoms with Gasteiger partial charge in [-0.25, -0.2) is 4.79 Å². The van der Waals surface area contributed by atoms with Crippen LogP contribution in [0, 0.1) is 11.8 Å². The Balaban J connectivity index is 4.19. The van der Waals surface area contributed by atoms with Crippen LogP contribution in [-0.4, -0.2) is 41.6 Å². The number of carbonyl (C=O) groups excluding carboxylic acids is 1. The first-order valence-corrected chi connectivity index (χ1v) is 6.53. The fourth-order valence-corrected chi connectivity index (χ4v) is 1.78. The molecule has 0 aromatic rings. The maximum Gasteiger partial charge on any atom is 0.317 e. The predicted octanol–water partition coefficient (Wildman–Crippen LogP) is 2.17. The van der Waals surface area contributed by atoms with Gasteiger partial charge in [0, 0.05) is 19.6 Å². The largest absolute Gasteiger partial charge is 0.481 e. The molecule has 0 aliphatic carbocycles. The van der Waals surface area contributed by atoms with Crippen LogP contribution in [0.3, 0.4) is 0 Å². The summed E-state index contributed by atoms with van der Waals surface area (Å²) in [4.78, 5) is 24.3. The number of nitrogens with one attached hydrogen (secondary N) is 1. The number of carboxylic acid groups (broad SMARTS) is 1. The Morgan fingerprint density at radius 2 is 1.83 bits per heavy atom. The number of aliphatic carboxylic acids is 1. The molecular formula is C13H26N2O3. The molecule has 0 aromatic heterocycles. The monoisotopic (exact) mass is 258 g/mol. The Hall–Kier alpha value is -1.26. The van der Waals surface area contributed by atoms with E-state index in [0.29, 0.717) is 12.3 Å². The molecule has 0 aliphatic rings. The first-order chi connectivity index (χ1) is 8.29. The molecule has 106 valence electrons. The smallest absolute Gasteiger partial charge is 0.317 e. The quantitative estimate of drug-likeness (QED) is 0.735. The zero-order valence-corrected chi connectivity index (χ0v) is 12.1. The first-order valence-electron chi connectivity index (χ1n) is 6.53. The lowest BCUT2D eigenvalue weighted by Crippen LogP contribution is -2.45. The normalized spacial score (nSPS) is 14.1. The molecule has 2 unspecified atom stereocenters. The van der Waals surface area contributed by atoms with Crippen molar-refractivity contribution in [1.82, 2.24) is 10.2 Å². The van der Waals surface area contributed by atoms with E-state index in [-0.39, 0.29) is 18.6 Å². The molecule has 0 bridgehead atoms. The van der Waals surface area contributed by atoms with Gasteiger partial charge in [-0.2, -0.15) is 0 Å². The molecule has 0 heterocycles. The lowest BCUT2D eigenvalue weighted by molar-refractivity contribution is -0.141. The minimum Gasteiger partial charge on any atom is -0.481 e. The van der Waals surface area contributed by atoms with E-state index in [1.807, 2.05) is 6.92 Å². The van der Waals surface area contributed by atoms with E-state index in [2.05, 4.69) is 19.2 Å². The zero-order valence-electron chi connectivity index (χ0n) is 12.1. The van der Waals surface area contributed by atoms with Gasteiger partial charge in [-0.1, -0.05) is 20.8 Å². The number of urea groups is 1. The molecule has 0 radical (unpaired) electrons. The molecule has 2 amide bonds. The third-order valence-electron chi connectivity index (χ3n) is 3.14. The highest BCUT2D eigenvalue weighted by molar-refractivity contribution is 5.76. The molecule has 5 heteroatoms. The molecule has 2 atom stereocenters. The number of amides is 2. The lowest BCUT2D eigenvalue weighted by Gasteiger charge is -2.27. The summed E-state index contributed by atoms with van der Waals surface area (Å²) in [7, 11) is 1.74. The Morgan fingerprint density at radius 3 is 2.22 bits per heavy atom. The topological polar surface area (TPSA) is 69.6 Å². The molecular weight excluding hydrogens is 232 g/mol. The van der Waals surface area contributed by atoms with Crippen molar-refractivity contribution >= 4 is 12.0 Å². The molecule has 0 aliphatic heterocycles. The molecule has 0 saturated heterocycles. The highest BCUT2D eigenvalue weighted by atomic mass is 16.4. The summed E-state index contributed by atoms with van der Waals surface area (Å²) in [5, 5.41) is 11.6. The number of hydrogen-bond donors (Lipinski definition) is 2.